The van der Waals surface area contributed by atoms with Gasteiger partial charge in [0, 0.05) is 7.05 Å². The number of hydrogen-bond acceptors (Lipinski definition) is 3. The molecule has 0 atom stereocenters. The zero-order valence-corrected chi connectivity index (χ0v) is 10.0. The van der Waals surface area contributed by atoms with Crippen molar-refractivity contribution in [1.82, 2.24) is 19.3 Å². The van der Waals surface area contributed by atoms with Crippen molar-refractivity contribution in [3.05, 3.63) is 35.2 Å². The molecule has 0 saturated carbocycles. The molecule has 2 aromatic heterocycles. The molecule has 0 amide bonds. The van der Waals surface area contributed by atoms with E-state index in [-0.39, 0.29) is 5.56 Å². The predicted octanol–water partition coefficient (Wildman–Crippen LogP) is 0.980. The van der Waals surface area contributed by atoms with Crippen molar-refractivity contribution in [2.45, 2.75) is 20.4 Å². The standard InChI is InChI=1S/C11H14N4O2/c1-7-10(11(16)17)8(2)15(13-7)5-9-4-12-6-14(9)3/h4,6H,5H2,1-3H3,(H,16,17). The molecule has 0 saturated heterocycles. The lowest BCUT2D eigenvalue weighted by molar-refractivity contribution is 0.0695. The Morgan fingerprint density at radius 2 is 2.18 bits per heavy atom. The monoisotopic (exact) mass is 234 g/mol. The third kappa shape index (κ3) is 1.93. The fourth-order valence-corrected chi connectivity index (χ4v) is 1.85. The van der Waals surface area contributed by atoms with Crippen LogP contribution in [0.15, 0.2) is 12.5 Å². The largest absolute Gasteiger partial charge is 0.478 e. The fraction of sp³-hybridized carbons (Fsp3) is 0.364. The summed E-state index contributed by atoms with van der Waals surface area (Å²) in [7, 11) is 1.89. The average Bonchev–Trinajstić information content (AvgIpc) is 2.73. The van der Waals surface area contributed by atoms with Crippen LogP contribution in [0.1, 0.15) is 27.4 Å². The molecule has 0 aliphatic carbocycles. The van der Waals surface area contributed by atoms with Crippen LogP contribution < -0.4 is 0 Å². The van der Waals surface area contributed by atoms with E-state index in [0.29, 0.717) is 17.9 Å². The smallest absolute Gasteiger partial charge is 0.339 e. The van der Waals surface area contributed by atoms with Gasteiger partial charge < -0.3 is 9.67 Å². The maximum absolute atomic E-state index is 11.1. The van der Waals surface area contributed by atoms with Gasteiger partial charge in [-0.2, -0.15) is 5.10 Å². The minimum Gasteiger partial charge on any atom is -0.478 e. The summed E-state index contributed by atoms with van der Waals surface area (Å²) in [4.78, 5) is 15.1. The molecule has 0 aliphatic rings. The Kier molecular flexibility index (Phi) is 2.71. The van der Waals surface area contributed by atoms with Crippen LogP contribution in [-0.2, 0) is 13.6 Å². The molecule has 2 rings (SSSR count). The molecule has 17 heavy (non-hydrogen) atoms. The Labute approximate surface area is 98.5 Å². The van der Waals surface area contributed by atoms with E-state index in [1.807, 2.05) is 11.6 Å². The summed E-state index contributed by atoms with van der Waals surface area (Å²) in [6, 6.07) is 0. The molecule has 0 bridgehead atoms. The van der Waals surface area contributed by atoms with Crippen molar-refractivity contribution >= 4 is 5.97 Å². The van der Waals surface area contributed by atoms with Crippen LogP contribution in [0.3, 0.4) is 0 Å². The number of aryl methyl sites for hydroxylation is 2. The van der Waals surface area contributed by atoms with Crippen LogP contribution in [0.2, 0.25) is 0 Å². The topological polar surface area (TPSA) is 72.9 Å². The predicted molar refractivity (Wildman–Crippen MR) is 61.0 cm³/mol. The second-order valence-electron chi connectivity index (χ2n) is 4.00. The minimum absolute atomic E-state index is 0.284. The molecule has 0 fully saturated rings. The summed E-state index contributed by atoms with van der Waals surface area (Å²) >= 11 is 0. The van der Waals surface area contributed by atoms with Crippen LogP contribution >= 0.6 is 0 Å². The summed E-state index contributed by atoms with van der Waals surface area (Å²) in [5, 5.41) is 13.3. The van der Waals surface area contributed by atoms with Crippen molar-refractivity contribution in [1.29, 1.82) is 0 Å². The van der Waals surface area contributed by atoms with E-state index in [1.54, 1.807) is 31.1 Å². The number of nitrogens with zero attached hydrogens (tertiary/aromatic N) is 4. The van der Waals surface area contributed by atoms with Crippen LogP contribution in [0, 0.1) is 13.8 Å². The number of carboxylic acids is 1. The van der Waals surface area contributed by atoms with Crippen molar-refractivity contribution in [3.8, 4) is 0 Å². The summed E-state index contributed by atoms with van der Waals surface area (Å²) < 4.78 is 3.58. The first kappa shape index (κ1) is 11.4. The second kappa shape index (κ2) is 4.04. The highest BCUT2D eigenvalue weighted by Gasteiger charge is 2.17. The zero-order valence-electron chi connectivity index (χ0n) is 10.0. The SMILES string of the molecule is Cc1nn(Cc2cncn2C)c(C)c1C(=O)O. The summed E-state index contributed by atoms with van der Waals surface area (Å²) in [5.74, 6) is -0.934. The highest BCUT2D eigenvalue weighted by Crippen LogP contribution is 2.14. The van der Waals surface area contributed by atoms with Gasteiger partial charge >= 0.3 is 5.97 Å². The molecule has 0 aliphatic heterocycles. The highest BCUT2D eigenvalue weighted by molar-refractivity contribution is 5.90. The van der Waals surface area contributed by atoms with Gasteiger partial charge in [-0.05, 0) is 13.8 Å². The molecule has 1 N–H and O–H groups in total. The van der Waals surface area contributed by atoms with Crippen molar-refractivity contribution in [3.63, 3.8) is 0 Å². The van der Waals surface area contributed by atoms with Gasteiger partial charge in [-0.15, -0.1) is 0 Å². The maximum Gasteiger partial charge on any atom is 0.339 e. The molecule has 0 spiro atoms. The molecule has 6 nitrogen and oxygen atoms in total. The Hall–Kier alpha value is -2.11. The first-order valence-corrected chi connectivity index (χ1v) is 5.23. The number of imidazole rings is 1. The number of carbonyl (C=O) groups is 1. The van der Waals surface area contributed by atoms with Crippen molar-refractivity contribution in [2.24, 2.45) is 7.05 Å². The van der Waals surface area contributed by atoms with E-state index < -0.39 is 5.97 Å². The lowest BCUT2D eigenvalue weighted by atomic mass is 10.2. The van der Waals surface area contributed by atoms with Gasteiger partial charge in [-0.1, -0.05) is 0 Å². The van der Waals surface area contributed by atoms with Crippen LogP contribution in [0.25, 0.3) is 0 Å². The molecule has 6 heteroatoms. The molecule has 0 radical (unpaired) electrons. The third-order valence-corrected chi connectivity index (χ3v) is 2.82. The Morgan fingerprint density at radius 3 is 2.65 bits per heavy atom. The van der Waals surface area contributed by atoms with E-state index in [9.17, 15) is 4.79 Å². The molecular weight excluding hydrogens is 220 g/mol. The first-order chi connectivity index (χ1) is 8.00. The van der Waals surface area contributed by atoms with Gasteiger partial charge in [0.15, 0.2) is 0 Å². The van der Waals surface area contributed by atoms with Gasteiger partial charge in [0.2, 0.25) is 0 Å². The van der Waals surface area contributed by atoms with Crippen molar-refractivity contribution < 1.29 is 9.90 Å². The van der Waals surface area contributed by atoms with E-state index in [1.165, 1.54) is 0 Å². The number of aromatic nitrogens is 4. The summed E-state index contributed by atoms with van der Waals surface area (Å²) in [6.07, 6.45) is 3.45. The maximum atomic E-state index is 11.1. The summed E-state index contributed by atoms with van der Waals surface area (Å²) in [6.45, 7) is 3.99. The first-order valence-electron chi connectivity index (χ1n) is 5.23. The zero-order chi connectivity index (χ0) is 12.6. The Balaban J connectivity index is 2.38. The van der Waals surface area contributed by atoms with Gasteiger partial charge in [0.05, 0.1) is 36.2 Å². The molecule has 0 aromatic carbocycles. The Bertz CT molecular complexity index is 568. The van der Waals surface area contributed by atoms with Crippen molar-refractivity contribution in [2.75, 3.05) is 0 Å². The molecule has 0 unspecified atom stereocenters. The quantitative estimate of drug-likeness (QED) is 0.859. The fourth-order valence-electron chi connectivity index (χ4n) is 1.85. The van der Waals surface area contributed by atoms with Gasteiger partial charge in [-0.25, -0.2) is 9.78 Å². The van der Waals surface area contributed by atoms with E-state index in [0.717, 1.165) is 5.69 Å². The van der Waals surface area contributed by atoms with Gasteiger partial charge in [-0.3, -0.25) is 4.68 Å². The lowest BCUT2D eigenvalue weighted by Crippen LogP contribution is -2.08. The number of hydrogen-bond donors (Lipinski definition) is 1. The average molecular weight is 234 g/mol. The lowest BCUT2D eigenvalue weighted by Gasteiger charge is -2.05. The number of rotatable bonds is 3. The number of aromatic carboxylic acids is 1. The van der Waals surface area contributed by atoms with Gasteiger partial charge in [0.1, 0.15) is 5.56 Å². The normalized spacial score (nSPS) is 10.8. The van der Waals surface area contributed by atoms with Crippen LogP contribution in [0.4, 0.5) is 0 Å². The third-order valence-electron chi connectivity index (χ3n) is 2.82. The molecule has 2 aromatic rings. The number of carboxylic acid groups (broad SMARTS) is 1. The van der Waals surface area contributed by atoms with E-state index in [4.69, 9.17) is 5.11 Å². The van der Waals surface area contributed by atoms with Crippen LogP contribution in [0.5, 0.6) is 0 Å². The Morgan fingerprint density at radius 1 is 1.47 bits per heavy atom. The van der Waals surface area contributed by atoms with E-state index >= 15 is 0 Å². The molecule has 2 heterocycles. The second-order valence-corrected chi connectivity index (χ2v) is 4.00. The van der Waals surface area contributed by atoms with Gasteiger partial charge in [0.25, 0.3) is 0 Å². The van der Waals surface area contributed by atoms with Crippen LogP contribution in [-0.4, -0.2) is 30.4 Å². The summed E-state index contributed by atoms with van der Waals surface area (Å²) in [5.41, 5.74) is 2.47. The molecule has 90 valence electrons. The van der Waals surface area contributed by atoms with E-state index in [2.05, 4.69) is 10.1 Å². The minimum atomic E-state index is -0.934. The highest BCUT2D eigenvalue weighted by atomic mass is 16.4. The molecular formula is C11H14N4O2.